The number of nitrogens with two attached hydrogens (primary N) is 1. The van der Waals surface area contributed by atoms with Crippen molar-refractivity contribution < 1.29 is 4.79 Å². The van der Waals surface area contributed by atoms with Crippen LogP contribution >= 0.6 is 0 Å². The number of Topliss-reactive ketones (excluding diaryl/α,β-unsaturated/α-hetero) is 1. The number of nitrogens with zero attached hydrogens (tertiary/aromatic N) is 1. The monoisotopic (exact) mass is 212 g/mol. The van der Waals surface area contributed by atoms with Crippen LogP contribution in [0.2, 0.25) is 0 Å². The second kappa shape index (κ2) is 6.62. The Hall–Kier alpha value is -0.830. The van der Waals surface area contributed by atoms with E-state index in [2.05, 4.69) is 25.3 Å². The van der Waals surface area contributed by atoms with Crippen LogP contribution in [0.25, 0.3) is 0 Å². The molecule has 88 valence electrons. The van der Waals surface area contributed by atoms with Gasteiger partial charge in [-0.15, -0.1) is 0 Å². The first-order valence-corrected chi connectivity index (χ1v) is 5.65. The highest BCUT2D eigenvalue weighted by atomic mass is 16.1. The molecule has 0 aromatic rings. The van der Waals surface area contributed by atoms with Gasteiger partial charge in [0.15, 0.2) is 5.78 Å². The lowest BCUT2D eigenvalue weighted by Crippen LogP contribution is -2.43. The van der Waals surface area contributed by atoms with Crippen molar-refractivity contribution in [1.82, 2.24) is 4.90 Å². The Bertz CT molecular complexity index is 220. The maximum absolute atomic E-state index is 12.0. The molecule has 0 aliphatic heterocycles. The maximum atomic E-state index is 12.0. The molecule has 0 saturated heterocycles. The van der Waals surface area contributed by atoms with E-state index in [-0.39, 0.29) is 17.7 Å². The summed E-state index contributed by atoms with van der Waals surface area (Å²) in [6.07, 6.45) is 0.568. The van der Waals surface area contributed by atoms with Gasteiger partial charge in [-0.05, 0) is 13.1 Å². The van der Waals surface area contributed by atoms with Crippen LogP contribution in [0.4, 0.5) is 0 Å². The molecule has 0 aromatic heterocycles. The lowest BCUT2D eigenvalue weighted by atomic mass is 9.97. The number of ketones is 1. The normalized spacial score (nSPS) is 13.2. The van der Waals surface area contributed by atoms with Crippen LogP contribution in [-0.2, 0) is 4.79 Å². The van der Waals surface area contributed by atoms with Crippen molar-refractivity contribution in [1.29, 1.82) is 0 Å². The van der Waals surface area contributed by atoms with Crippen molar-refractivity contribution >= 4 is 5.78 Å². The molecule has 0 spiro atoms. The Morgan fingerprint density at radius 1 is 1.33 bits per heavy atom. The number of carbonyl (C=O) groups is 1. The summed E-state index contributed by atoms with van der Waals surface area (Å²) in [7, 11) is 0. The minimum absolute atomic E-state index is 0.0509. The standard InChI is InChI=1S/C12H24N2O/c1-6-14(7-2)11(8-10(5)13)12(15)9(3)4/h9,11H,5-8,13H2,1-4H3/t11-/m1/s1. The molecule has 0 heterocycles. The topological polar surface area (TPSA) is 46.3 Å². The average Bonchev–Trinajstić information content (AvgIpc) is 2.16. The van der Waals surface area contributed by atoms with Crippen molar-refractivity contribution in [2.24, 2.45) is 11.7 Å². The third kappa shape index (κ3) is 4.47. The van der Waals surface area contributed by atoms with Gasteiger partial charge in [0, 0.05) is 18.0 Å². The molecule has 0 fully saturated rings. The van der Waals surface area contributed by atoms with E-state index in [1.165, 1.54) is 0 Å². The quantitative estimate of drug-likeness (QED) is 0.700. The van der Waals surface area contributed by atoms with E-state index in [0.717, 1.165) is 13.1 Å². The van der Waals surface area contributed by atoms with E-state index in [1.54, 1.807) is 0 Å². The summed E-state index contributed by atoms with van der Waals surface area (Å²) in [6, 6.07) is -0.0995. The van der Waals surface area contributed by atoms with E-state index in [0.29, 0.717) is 12.1 Å². The predicted molar refractivity (Wildman–Crippen MR) is 64.5 cm³/mol. The van der Waals surface area contributed by atoms with Gasteiger partial charge in [-0.3, -0.25) is 9.69 Å². The Balaban J connectivity index is 4.70. The number of likely N-dealkylation sites (N-methyl/N-ethyl adjacent to an activating group) is 1. The third-order valence-corrected chi connectivity index (χ3v) is 2.61. The molecule has 3 heteroatoms. The fraction of sp³-hybridized carbons (Fsp3) is 0.750. The van der Waals surface area contributed by atoms with E-state index >= 15 is 0 Å². The molecule has 0 rings (SSSR count). The first-order valence-electron chi connectivity index (χ1n) is 5.65. The van der Waals surface area contributed by atoms with Crippen molar-refractivity contribution in [3.05, 3.63) is 12.3 Å². The molecule has 0 aliphatic carbocycles. The second-order valence-electron chi connectivity index (χ2n) is 4.16. The molecular formula is C12H24N2O. The zero-order valence-electron chi connectivity index (χ0n) is 10.4. The Morgan fingerprint density at radius 3 is 2.07 bits per heavy atom. The van der Waals surface area contributed by atoms with Crippen molar-refractivity contribution in [2.75, 3.05) is 13.1 Å². The van der Waals surface area contributed by atoms with Gasteiger partial charge in [-0.1, -0.05) is 34.3 Å². The summed E-state index contributed by atoms with van der Waals surface area (Å²) in [5.41, 5.74) is 6.19. The van der Waals surface area contributed by atoms with Gasteiger partial charge in [0.05, 0.1) is 6.04 Å². The zero-order chi connectivity index (χ0) is 12.0. The Labute approximate surface area is 93.3 Å². The fourth-order valence-electron chi connectivity index (χ4n) is 1.71. The van der Waals surface area contributed by atoms with Crippen LogP contribution < -0.4 is 5.73 Å². The number of hydrogen-bond acceptors (Lipinski definition) is 3. The third-order valence-electron chi connectivity index (χ3n) is 2.61. The molecule has 0 aromatic carbocycles. The summed E-state index contributed by atoms with van der Waals surface area (Å²) in [4.78, 5) is 14.1. The molecular weight excluding hydrogens is 188 g/mol. The van der Waals surface area contributed by atoms with Gasteiger partial charge in [0.1, 0.15) is 0 Å². The average molecular weight is 212 g/mol. The van der Waals surface area contributed by atoms with Gasteiger partial charge in [0.2, 0.25) is 0 Å². The number of hydrogen-bond donors (Lipinski definition) is 1. The molecule has 0 bridgehead atoms. The van der Waals surface area contributed by atoms with E-state index < -0.39 is 0 Å². The highest BCUT2D eigenvalue weighted by Crippen LogP contribution is 2.13. The maximum Gasteiger partial charge on any atom is 0.152 e. The predicted octanol–water partition coefficient (Wildman–Crippen LogP) is 1.78. The van der Waals surface area contributed by atoms with Crippen LogP contribution in [0.15, 0.2) is 12.3 Å². The Kier molecular flexibility index (Phi) is 6.25. The van der Waals surface area contributed by atoms with Crippen LogP contribution in [0, 0.1) is 5.92 Å². The molecule has 2 N–H and O–H groups in total. The van der Waals surface area contributed by atoms with Crippen LogP contribution in [0.1, 0.15) is 34.1 Å². The molecule has 1 atom stereocenters. The first kappa shape index (κ1) is 14.2. The lowest BCUT2D eigenvalue weighted by molar-refractivity contribution is -0.127. The smallest absolute Gasteiger partial charge is 0.152 e. The van der Waals surface area contributed by atoms with Gasteiger partial charge in [-0.25, -0.2) is 0 Å². The van der Waals surface area contributed by atoms with Crippen LogP contribution in [0.5, 0.6) is 0 Å². The van der Waals surface area contributed by atoms with E-state index in [4.69, 9.17) is 5.73 Å². The number of carbonyl (C=O) groups excluding carboxylic acids is 1. The largest absolute Gasteiger partial charge is 0.402 e. The molecule has 0 unspecified atom stereocenters. The minimum Gasteiger partial charge on any atom is -0.402 e. The SMILES string of the molecule is C=C(N)C[C@H](C(=O)C(C)C)N(CC)CC. The highest BCUT2D eigenvalue weighted by molar-refractivity contribution is 5.86. The van der Waals surface area contributed by atoms with E-state index in [9.17, 15) is 4.79 Å². The molecule has 0 aliphatic rings. The second-order valence-corrected chi connectivity index (χ2v) is 4.16. The molecule has 0 amide bonds. The highest BCUT2D eigenvalue weighted by Gasteiger charge is 2.25. The van der Waals surface area contributed by atoms with Gasteiger partial charge in [-0.2, -0.15) is 0 Å². The summed E-state index contributed by atoms with van der Waals surface area (Å²) in [5.74, 6) is 0.306. The summed E-state index contributed by atoms with van der Waals surface area (Å²) < 4.78 is 0. The van der Waals surface area contributed by atoms with Crippen molar-refractivity contribution in [3.8, 4) is 0 Å². The summed E-state index contributed by atoms with van der Waals surface area (Å²) in [5, 5.41) is 0. The van der Waals surface area contributed by atoms with Gasteiger partial charge < -0.3 is 5.73 Å². The molecule has 0 saturated carbocycles. The number of rotatable bonds is 7. The molecule has 3 nitrogen and oxygen atoms in total. The lowest BCUT2D eigenvalue weighted by Gasteiger charge is -2.29. The summed E-state index contributed by atoms with van der Waals surface area (Å²) >= 11 is 0. The minimum atomic E-state index is -0.0995. The van der Waals surface area contributed by atoms with Gasteiger partial charge in [0.25, 0.3) is 0 Å². The molecule has 0 radical (unpaired) electrons. The van der Waals surface area contributed by atoms with E-state index in [1.807, 2.05) is 13.8 Å². The first-order chi connectivity index (χ1) is 6.93. The van der Waals surface area contributed by atoms with Crippen LogP contribution in [0.3, 0.4) is 0 Å². The fourth-order valence-corrected chi connectivity index (χ4v) is 1.71. The van der Waals surface area contributed by atoms with Crippen LogP contribution in [-0.4, -0.2) is 29.8 Å². The Morgan fingerprint density at radius 2 is 1.80 bits per heavy atom. The summed E-state index contributed by atoms with van der Waals surface area (Å²) in [6.45, 7) is 13.4. The van der Waals surface area contributed by atoms with Gasteiger partial charge >= 0.3 is 0 Å². The zero-order valence-corrected chi connectivity index (χ0v) is 10.4. The molecule has 15 heavy (non-hydrogen) atoms. The van der Waals surface area contributed by atoms with Crippen molar-refractivity contribution in [3.63, 3.8) is 0 Å². The van der Waals surface area contributed by atoms with Crippen molar-refractivity contribution in [2.45, 2.75) is 40.2 Å².